The maximum Gasteiger partial charge on any atom is 0.243 e. The topological polar surface area (TPSA) is 106 Å². The van der Waals surface area contributed by atoms with Crippen molar-refractivity contribution in [3.8, 4) is 0 Å². The Bertz CT molecular complexity index is 1110. The summed E-state index contributed by atoms with van der Waals surface area (Å²) < 4.78 is 0. The number of benzene rings is 2. The minimum absolute atomic E-state index is 0.104. The quantitative estimate of drug-likeness (QED) is 0.323. The Labute approximate surface area is 204 Å². The molecule has 0 radical (unpaired) electrons. The molecule has 1 aliphatic heterocycles. The zero-order valence-corrected chi connectivity index (χ0v) is 19.8. The maximum atomic E-state index is 13.3. The standard InChI is InChI=1S/C26H31ClN4O3/c27-20-7-5-17(6-8-20)13-24(31-25(33)18-9-11-28-12-10-18)26(34)30-21(16-32)14-19-15-29-23-4-2-1-3-22(19)23/h1-8,15,18,21,24,28-29,32H,9-14,16H2,(H,30,34)(H,31,33). The number of aromatic amines is 1. The van der Waals surface area contributed by atoms with Crippen LogP contribution in [-0.2, 0) is 22.4 Å². The summed E-state index contributed by atoms with van der Waals surface area (Å²) in [5, 5.41) is 20.9. The number of H-pyrrole nitrogens is 1. The monoisotopic (exact) mass is 482 g/mol. The first-order chi connectivity index (χ1) is 16.5. The second-order valence-corrected chi connectivity index (χ2v) is 9.30. The highest BCUT2D eigenvalue weighted by Crippen LogP contribution is 2.19. The average Bonchev–Trinajstić information content (AvgIpc) is 3.27. The number of rotatable bonds is 9. The number of piperidine rings is 1. The number of halogens is 1. The molecule has 0 saturated carbocycles. The molecular formula is C26H31ClN4O3. The highest BCUT2D eigenvalue weighted by Gasteiger charge is 2.28. The summed E-state index contributed by atoms with van der Waals surface area (Å²) in [6.07, 6.45) is 4.22. The van der Waals surface area contributed by atoms with Crippen molar-refractivity contribution in [1.29, 1.82) is 0 Å². The largest absolute Gasteiger partial charge is 0.394 e. The van der Waals surface area contributed by atoms with Crippen LogP contribution in [0.2, 0.25) is 5.02 Å². The van der Waals surface area contributed by atoms with E-state index in [1.165, 1.54) is 0 Å². The summed E-state index contributed by atoms with van der Waals surface area (Å²) in [5.74, 6) is -0.523. The Balaban J connectivity index is 1.47. The van der Waals surface area contributed by atoms with Gasteiger partial charge in [0.2, 0.25) is 11.8 Å². The van der Waals surface area contributed by atoms with Gasteiger partial charge in [-0.25, -0.2) is 0 Å². The third kappa shape index (κ3) is 6.17. The van der Waals surface area contributed by atoms with Crippen molar-refractivity contribution in [2.45, 2.75) is 37.8 Å². The molecule has 7 nitrogen and oxygen atoms in total. The lowest BCUT2D eigenvalue weighted by Crippen LogP contribution is -2.53. The van der Waals surface area contributed by atoms with Crippen LogP contribution < -0.4 is 16.0 Å². The van der Waals surface area contributed by atoms with Crippen LogP contribution in [0.4, 0.5) is 0 Å². The first-order valence-corrected chi connectivity index (χ1v) is 12.1. The van der Waals surface area contributed by atoms with Crippen LogP contribution in [0.15, 0.2) is 54.7 Å². The van der Waals surface area contributed by atoms with Crippen LogP contribution in [0.3, 0.4) is 0 Å². The van der Waals surface area contributed by atoms with Crippen LogP contribution >= 0.6 is 11.6 Å². The second-order valence-electron chi connectivity index (χ2n) is 8.87. The fourth-order valence-electron chi connectivity index (χ4n) is 4.47. The van der Waals surface area contributed by atoms with Gasteiger partial charge in [0.15, 0.2) is 0 Å². The summed E-state index contributed by atoms with van der Waals surface area (Å²) >= 11 is 6.01. The SMILES string of the molecule is O=C(NC(Cc1ccc(Cl)cc1)C(=O)NC(CO)Cc1c[nH]c2ccccc12)C1CCNCC1. The van der Waals surface area contributed by atoms with Crippen molar-refractivity contribution in [2.75, 3.05) is 19.7 Å². The second kappa shape index (κ2) is 11.5. The number of hydrogen-bond acceptors (Lipinski definition) is 4. The molecule has 180 valence electrons. The summed E-state index contributed by atoms with van der Waals surface area (Å²) in [6, 6.07) is 14.0. The van der Waals surface area contributed by atoms with E-state index in [2.05, 4.69) is 20.9 Å². The molecule has 1 fully saturated rings. The third-order valence-corrected chi connectivity index (χ3v) is 6.66. The molecule has 8 heteroatoms. The maximum absolute atomic E-state index is 13.3. The first-order valence-electron chi connectivity index (χ1n) is 11.7. The Morgan fingerprint density at radius 1 is 1.03 bits per heavy atom. The van der Waals surface area contributed by atoms with Crippen LogP contribution in [-0.4, -0.2) is 53.7 Å². The predicted molar refractivity (Wildman–Crippen MR) is 134 cm³/mol. The number of carbonyl (C=O) groups excluding carboxylic acids is 2. The van der Waals surface area contributed by atoms with Crippen LogP contribution in [0.1, 0.15) is 24.0 Å². The van der Waals surface area contributed by atoms with Gasteiger partial charge in [0.25, 0.3) is 0 Å². The summed E-state index contributed by atoms with van der Waals surface area (Å²) in [4.78, 5) is 29.5. The third-order valence-electron chi connectivity index (χ3n) is 6.40. The van der Waals surface area contributed by atoms with Gasteiger partial charge in [-0.15, -0.1) is 0 Å². The Morgan fingerprint density at radius 3 is 2.50 bits per heavy atom. The zero-order valence-electron chi connectivity index (χ0n) is 19.0. The van der Waals surface area contributed by atoms with Crippen molar-refractivity contribution in [3.63, 3.8) is 0 Å². The molecule has 2 unspecified atom stereocenters. The smallest absolute Gasteiger partial charge is 0.243 e. The number of aliphatic hydroxyl groups is 1. The van der Waals surface area contributed by atoms with E-state index in [0.29, 0.717) is 17.9 Å². The van der Waals surface area contributed by atoms with E-state index in [-0.39, 0.29) is 24.3 Å². The van der Waals surface area contributed by atoms with E-state index in [1.807, 2.05) is 42.6 Å². The molecule has 2 atom stereocenters. The van der Waals surface area contributed by atoms with E-state index in [0.717, 1.165) is 48.0 Å². The molecule has 2 heterocycles. The number of hydrogen-bond donors (Lipinski definition) is 5. The Kier molecular flexibility index (Phi) is 8.21. The number of para-hydroxylation sites is 1. The van der Waals surface area contributed by atoms with E-state index in [9.17, 15) is 14.7 Å². The van der Waals surface area contributed by atoms with Gasteiger partial charge in [-0.2, -0.15) is 0 Å². The molecule has 1 saturated heterocycles. The van der Waals surface area contributed by atoms with Crippen LogP contribution in [0.5, 0.6) is 0 Å². The molecule has 4 rings (SSSR count). The summed E-state index contributed by atoms with van der Waals surface area (Å²) in [5.41, 5.74) is 2.92. The van der Waals surface area contributed by atoms with Gasteiger partial charge in [0.1, 0.15) is 6.04 Å². The van der Waals surface area contributed by atoms with Gasteiger partial charge >= 0.3 is 0 Å². The lowest BCUT2D eigenvalue weighted by molar-refractivity contribution is -0.132. The number of amides is 2. The average molecular weight is 483 g/mol. The molecule has 1 aliphatic rings. The lowest BCUT2D eigenvalue weighted by atomic mass is 9.96. The lowest BCUT2D eigenvalue weighted by Gasteiger charge is -2.26. The molecule has 2 aromatic carbocycles. The van der Waals surface area contributed by atoms with E-state index in [1.54, 1.807) is 12.1 Å². The molecule has 3 aromatic rings. The van der Waals surface area contributed by atoms with Crippen LogP contribution in [0.25, 0.3) is 10.9 Å². The molecule has 5 N–H and O–H groups in total. The number of aromatic nitrogens is 1. The Hall–Kier alpha value is -2.87. The van der Waals surface area contributed by atoms with Crippen LogP contribution in [0, 0.1) is 5.92 Å². The fraction of sp³-hybridized carbons (Fsp3) is 0.385. The number of fused-ring (bicyclic) bond motifs is 1. The van der Waals surface area contributed by atoms with Gasteiger partial charge < -0.3 is 26.0 Å². The van der Waals surface area contributed by atoms with E-state index < -0.39 is 12.1 Å². The highest BCUT2D eigenvalue weighted by molar-refractivity contribution is 6.30. The zero-order chi connectivity index (χ0) is 23.9. The van der Waals surface area contributed by atoms with Gasteiger partial charge in [-0.1, -0.05) is 41.9 Å². The molecule has 0 spiro atoms. The summed E-state index contributed by atoms with van der Waals surface area (Å²) in [7, 11) is 0. The fourth-order valence-corrected chi connectivity index (χ4v) is 4.59. The molecule has 2 amide bonds. The van der Waals surface area contributed by atoms with Crippen molar-refractivity contribution < 1.29 is 14.7 Å². The molecule has 0 bridgehead atoms. The normalized spacial score (nSPS) is 16.2. The van der Waals surface area contributed by atoms with Gasteiger partial charge in [-0.05, 0) is 61.7 Å². The number of carbonyl (C=O) groups is 2. The molecule has 1 aromatic heterocycles. The van der Waals surface area contributed by atoms with E-state index in [4.69, 9.17) is 11.6 Å². The van der Waals surface area contributed by atoms with Gasteiger partial charge in [-0.3, -0.25) is 9.59 Å². The first kappa shape index (κ1) is 24.3. The van der Waals surface area contributed by atoms with Crippen molar-refractivity contribution in [1.82, 2.24) is 20.9 Å². The molecule has 0 aliphatic carbocycles. The van der Waals surface area contributed by atoms with Crippen molar-refractivity contribution >= 4 is 34.3 Å². The predicted octanol–water partition coefficient (Wildman–Crippen LogP) is 2.57. The van der Waals surface area contributed by atoms with Gasteiger partial charge in [0, 0.05) is 34.5 Å². The number of aliphatic hydroxyl groups excluding tert-OH is 1. The molecule has 34 heavy (non-hydrogen) atoms. The minimum Gasteiger partial charge on any atom is -0.394 e. The number of nitrogens with one attached hydrogen (secondary N) is 4. The van der Waals surface area contributed by atoms with Gasteiger partial charge in [0.05, 0.1) is 12.6 Å². The van der Waals surface area contributed by atoms with Crippen molar-refractivity contribution in [2.24, 2.45) is 5.92 Å². The summed E-state index contributed by atoms with van der Waals surface area (Å²) in [6.45, 7) is 1.38. The Morgan fingerprint density at radius 2 is 1.76 bits per heavy atom. The highest BCUT2D eigenvalue weighted by atomic mass is 35.5. The minimum atomic E-state index is -0.749. The molecular weight excluding hydrogens is 452 g/mol. The van der Waals surface area contributed by atoms with E-state index >= 15 is 0 Å². The van der Waals surface area contributed by atoms with Crippen molar-refractivity contribution in [3.05, 3.63) is 70.9 Å².